The van der Waals surface area contributed by atoms with Gasteiger partial charge in [0.2, 0.25) is 0 Å². The Balaban J connectivity index is 2.19. The molecule has 1 N–H and O–H groups in total. The summed E-state index contributed by atoms with van der Waals surface area (Å²) in [4.78, 5) is 0.217. The Morgan fingerprint density at radius 1 is 1.19 bits per heavy atom. The molecule has 0 amide bonds. The largest absolute Gasteiger partial charge is 0.288 e. The van der Waals surface area contributed by atoms with Gasteiger partial charge in [-0.3, -0.25) is 4.72 Å². The van der Waals surface area contributed by atoms with Gasteiger partial charge in [0.1, 0.15) is 9.23 Å². The first kappa shape index (κ1) is 16.8. The number of thiophene rings is 1. The van der Waals surface area contributed by atoms with Crippen molar-refractivity contribution >= 4 is 62.0 Å². The summed E-state index contributed by atoms with van der Waals surface area (Å²) in [7, 11) is -3.87. The maximum Gasteiger partial charge on any atom is 0.288 e. The summed E-state index contributed by atoms with van der Waals surface area (Å²) in [5, 5.41) is 0. The molecule has 0 unspecified atom stereocenters. The van der Waals surface area contributed by atoms with Gasteiger partial charge in [0, 0.05) is 10.6 Å². The van der Waals surface area contributed by atoms with Crippen molar-refractivity contribution in [3.8, 4) is 0 Å². The molecule has 0 aliphatic heterocycles. The lowest BCUT2D eigenvalue weighted by Crippen LogP contribution is -2.12. The van der Waals surface area contributed by atoms with Gasteiger partial charge in [-0.15, -0.1) is 11.3 Å². The van der Waals surface area contributed by atoms with Gasteiger partial charge in [0.25, 0.3) is 15.8 Å². The average Bonchev–Trinajstić information content (AvgIpc) is 2.71. The fraction of sp³-hybridized carbons (Fsp3) is 0.0909. The topological polar surface area (TPSA) is 46.2 Å². The molecule has 114 valence electrons. The number of hydrogen-bond donors (Lipinski definition) is 1. The molecule has 10 heteroatoms. The Morgan fingerprint density at radius 3 is 2.29 bits per heavy atom. The highest BCUT2D eigenvalue weighted by Gasteiger charge is 2.21. The summed E-state index contributed by atoms with van der Waals surface area (Å²) in [6.45, 7) is 0. The predicted octanol–water partition coefficient (Wildman–Crippen LogP) is 5.17. The highest BCUT2D eigenvalue weighted by Crippen LogP contribution is 2.35. The number of anilines is 1. The van der Waals surface area contributed by atoms with E-state index in [0.29, 0.717) is 16.7 Å². The highest BCUT2D eigenvalue weighted by atomic mass is 35.5. The lowest BCUT2D eigenvalue weighted by atomic mass is 10.3. The second-order valence-electron chi connectivity index (χ2n) is 3.70. The van der Waals surface area contributed by atoms with Gasteiger partial charge >= 0.3 is 0 Å². The molecular weight excluding hydrogens is 383 g/mol. The quantitative estimate of drug-likeness (QED) is 0.717. The van der Waals surface area contributed by atoms with E-state index < -0.39 is 15.8 Å². The predicted molar refractivity (Wildman–Crippen MR) is 83.5 cm³/mol. The van der Waals surface area contributed by atoms with Gasteiger partial charge in [-0.1, -0.05) is 35.0 Å². The molecule has 1 aromatic heterocycles. The zero-order valence-corrected chi connectivity index (χ0v) is 14.0. The van der Waals surface area contributed by atoms with Crippen LogP contribution in [0.5, 0.6) is 0 Å². The number of rotatable bonds is 5. The van der Waals surface area contributed by atoms with Gasteiger partial charge in [-0.2, -0.15) is 8.78 Å². The molecule has 2 rings (SSSR count). The molecule has 0 aliphatic carbocycles. The SMILES string of the molecule is O=S(=O)(Nc1ccc(SC(F)F)cc1)c1cc(Cl)sc1Cl. The number of halogens is 4. The summed E-state index contributed by atoms with van der Waals surface area (Å²) < 4.78 is 51.2. The van der Waals surface area contributed by atoms with Crippen LogP contribution in [0.2, 0.25) is 8.67 Å². The van der Waals surface area contributed by atoms with Crippen LogP contribution in [0.15, 0.2) is 40.1 Å². The molecule has 3 nitrogen and oxygen atoms in total. The monoisotopic (exact) mass is 389 g/mol. The zero-order chi connectivity index (χ0) is 15.6. The molecule has 0 radical (unpaired) electrons. The van der Waals surface area contributed by atoms with Crippen LogP contribution in [0, 0.1) is 0 Å². The van der Waals surface area contributed by atoms with E-state index in [1.54, 1.807) is 0 Å². The van der Waals surface area contributed by atoms with Crippen molar-refractivity contribution in [1.82, 2.24) is 0 Å². The van der Waals surface area contributed by atoms with E-state index in [2.05, 4.69) is 4.72 Å². The number of alkyl halides is 2. The van der Waals surface area contributed by atoms with Crippen molar-refractivity contribution in [3.63, 3.8) is 0 Å². The molecule has 2 aromatic rings. The summed E-state index contributed by atoms with van der Waals surface area (Å²) in [5.74, 6) is -2.53. The van der Waals surface area contributed by atoms with Crippen molar-refractivity contribution in [1.29, 1.82) is 0 Å². The van der Waals surface area contributed by atoms with E-state index in [4.69, 9.17) is 23.2 Å². The molecule has 0 aliphatic rings. The number of hydrogen-bond acceptors (Lipinski definition) is 4. The number of nitrogens with one attached hydrogen (secondary N) is 1. The molecule has 1 aromatic carbocycles. The van der Waals surface area contributed by atoms with Gasteiger partial charge in [-0.25, -0.2) is 8.42 Å². The second-order valence-corrected chi connectivity index (χ2v) is 8.70. The Labute approximate surface area is 138 Å². The fourth-order valence-electron chi connectivity index (χ4n) is 1.42. The molecule has 1 heterocycles. The molecule has 0 fully saturated rings. The molecule has 21 heavy (non-hydrogen) atoms. The molecule has 0 saturated carbocycles. The maximum absolute atomic E-state index is 12.2. The minimum atomic E-state index is -3.87. The average molecular weight is 390 g/mol. The zero-order valence-electron chi connectivity index (χ0n) is 10.0. The van der Waals surface area contributed by atoms with Crippen LogP contribution in [-0.4, -0.2) is 14.2 Å². The smallest absolute Gasteiger partial charge is 0.280 e. The van der Waals surface area contributed by atoms with Gasteiger partial charge in [0.15, 0.2) is 0 Å². The van der Waals surface area contributed by atoms with E-state index >= 15 is 0 Å². The molecule has 0 saturated heterocycles. The first-order valence-electron chi connectivity index (χ1n) is 5.30. The summed E-state index contributed by atoms with van der Waals surface area (Å²) in [6, 6.07) is 6.83. The Bertz CT molecular complexity index is 732. The normalized spacial score (nSPS) is 11.9. The van der Waals surface area contributed by atoms with Gasteiger partial charge in [-0.05, 0) is 30.3 Å². The number of benzene rings is 1. The standard InChI is InChI=1S/C11H7Cl2F2NO2S3/c12-9-5-8(10(13)20-9)21(17,18)16-6-1-3-7(4-2-6)19-11(14)15/h1-5,11,16H. The Kier molecular flexibility index (Phi) is 5.37. The van der Waals surface area contributed by atoms with E-state index in [0.717, 1.165) is 11.3 Å². The van der Waals surface area contributed by atoms with Crippen molar-refractivity contribution in [2.24, 2.45) is 0 Å². The van der Waals surface area contributed by atoms with Gasteiger partial charge in [0.05, 0.1) is 4.34 Å². The fourth-order valence-corrected chi connectivity index (χ4v) is 5.13. The highest BCUT2D eigenvalue weighted by molar-refractivity contribution is 7.99. The lowest BCUT2D eigenvalue weighted by molar-refractivity contribution is 0.252. The van der Waals surface area contributed by atoms with E-state index in [1.807, 2.05) is 0 Å². The van der Waals surface area contributed by atoms with Crippen molar-refractivity contribution in [2.75, 3.05) is 4.72 Å². The third-order valence-corrected chi connectivity index (χ3v) is 6.10. The molecular formula is C11H7Cl2F2NO2S3. The minimum absolute atomic E-state index is 0.0531. The Morgan fingerprint density at radius 2 is 1.81 bits per heavy atom. The minimum Gasteiger partial charge on any atom is -0.280 e. The van der Waals surface area contributed by atoms with Crippen LogP contribution in [0.1, 0.15) is 0 Å². The molecule has 0 bridgehead atoms. The van der Waals surface area contributed by atoms with E-state index in [9.17, 15) is 17.2 Å². The Hall–Kier alpha value is -0.540. The van der Waals surface area contributed by atoms with Crippen molar-refractivity contribution in [2.45, 2.75) is 15.5 Å². The van der Waals surface area contributed by atoms with Crippen LogP contribution in [-0.2, 0) is 10.0 Å². The molecule has 0 spiro atoms. The van der Waals surface area contributed by atoms with Crippen molar-refractivity contribution in [3.05, 3.63) is 39.0 Å². The number of thioether (sulfide) groups is 1. The molecule has 0 atom stereocenters. The van der Waals surface area contributed by atoms with Crippen LogP contribution in [0.3, 0.4) is 0 Å². The maximum atomic E-state index is 12.2. The van der Waals surface area contributed by atoms with Crippen LogP contribution in [0.4, 0.5) is 14.5 Å². The van der Waals surface area contributed by atoms with Crippen LogP contribution >= 0.6 is 46.3 Å². The van der Waals surface area contributed by atoms with Gasteiger partial charge < -0.3 is 0 Å². The lowest BCUT2D eigenvalue weighted by Gasteiger charge is -2.08. The third kappa shape index (κ3) is 4.46. The summed E-state index contributed by atoms with van der Waals surface area (Å²) in [6.07, 6.45) is 0. The number of sulfonamides is 1. The summed E-state index contributed by atoms with van der Waals surface area (Å²) >= 11 is 12.8. The summed E-state index contributed by atoms with van der Waals surface area (Å²) in [5.41, 5.74) is 0.243. The second kappa shape index (κ2) is 6.70. The first-order chi connectivity index (χ1) is 9.78. The third-order valence-electron chi connectivity index (χ3n) is 2.25. The van der Waals surface area contributed by atoms with E-state index in [1.165, 1.54) is 30.3 Å². The first-order valence-corrected chi connectivity index (χ1v) is 9.24. The van der Waals surface area contributed by atoms with Crippen LogP contribution < -0.4 is 4.72 Å². The van der Waals surface area contributed by atoms with Crippen LogP contribution in [0.25, 0.3) is 0 Å². The van der Waals surface area contributed by atoms with Crippen molar-refractivity contribution < 1.29 is 17.2 Å². The van der Waals surface area contributed by atoms with E-state index in [-0.39, 0.29) is 19.3 Å².